The van der Waals surface area contributed by atoms with Crippen molar-refractivity contribution >= 4 is 35.1 Å². The predicted octanol–water partition coefficient (Wildman–Crippen LogP) is 1.25. The van der Waals surface area contributed by atoms with Crippen molar-refractivity contribution in [2.24, 2.45) is 5.92 Å². The monoisotopic (exact) mass is 354 g/mol. The van der Waals surface area contributed by atoms with Crippen molar-refractivity contribution in [2.75, 3.05) is 38.3 Å². The lowest BCUT2D eigenvalue weighted by Gasteiger charge is -2.23. The van der Waals surface area contributed by atoms with Crippen LogP contribution in [0.4, 0.5) is 5.69 Å². The molecule has 8 heteroatoms. The summed E-state index contributed by atoms with van der Waals surface area (Å²) in [7, 11) is 1.48. The summed E-state index contributed by atoms with van der Waals surface area (Å²) in [4.78, 5) is 38.5. The highest BCUT2D eigenvalue weighted by Crippen LogP contribution is 2.27. The quantitative estimate of drug-likeness (QED) is 0.796. The van der Waals surface area contributed by atoms with Crippen LogP contribution in [0, 0.1) is 5.92 Å². The van der Waals surface area contributed by atoms with Crippen molar-refractivity contribution in [3.63, 3.8) is 0 Å². The topological polar surface area (TPSA) is 87.1 Å². The summed E-state index contributed by atoms with van der Waals surface area (Å²) in [6.07, 6.45) is 0.0601. The van der Waals surface area contributed by atoms with Gasteiger partial charge < -0.3 is 19.6 Å². The number of methoxy groups -OCH3 is 1. The van der Waals surface area contributed by atoms with E-state index in [4.69, 9.17) is 21.4 Å². The molecule has 2 rings (SSSR count). The number of carboxylic acid groups (broad SMARTS) is 1. The lowest BCUT2D eigenvalue weighted by atomic mass is 10.1. The van der Waals surface area contributed by atoms with Crippen molar-refractivity contribution in [2.45, 2.75) is 6.42 Å². The maximum Gasteiger partial charge on any atom is 0.323 e. The SMILES string of the molecule is COCCN(CC(=O)O)C(=O)C1CC(=O)N(c2ccc(Cl)cc2)C1. The Kier molecular flexibility index (Phi) is 6.16. The van der Waals surface area contributed by atoms with Crippen molar-refractivity contribution in [1.82, 2.24) is 4.90 Å². The molecule has 1 N–H and O–H groups in total. The highest BCUT2D eigenvalue weighted by molar-refractivity contribution is 6.30. The van der Waals surface area contributed by atoms with Gasteiger partial charge in [-0.25, -0.2) is 0 Å². The second kappa shape index (κ2) is 8.12. The molecule has 1 heterocycles. The fourth-order valence-electron chi connectivity index (χ4n) is 2.63. The third kappa shape index (κ3) is 4.46. The Morgan fingerprint density at radius 3 is 2.62 bits per heavy atom. The molecule has 1 aliphatic rings. The fourth-order valence-corrected chi connectivity index (χ4v) is 2.76. The summed E-state index contributed by atoms with van der Waals surface area (Å²) >= 11 is 5.84. The van der Waals surface area contributed by atoms with E-state index in [9.17, 15) is 14.4 Å². The summed E-state index contributed by atoms with van der Waals surface area (Å²) in [6, 6.07) is 6.78. The number of hydrogen-bond acceptors (Lipinski definition) is 4. The van der Waals surface area contributed by atoms with E-state index in [1.807, 2.05) is 0 Å². The predicted molar refractivity (Wildman–Crippen MR) is 88.0 cm³/mol. The molecule has 0 aromatic heterocycles. The Labute approximate surface area is 144 Å². The van der Waals surface area contributed by atoms with Crippen LogP contribution in [0.25, 0.3) is 0 Å². The van der Waals surface area contributed by atoms with E-state index < -0.39 is 18.4 Å². The minimum absolute atomic E-state index is 0.0601. The maximum atomic E-state index is 12.6. The molecule has 24 heavy (non-hydrogen) atoms. The number of ether oxygens (including phenoxy) is 1. The Morgan fingerprint density at radius 1 is 1.38 bits per heavy atom. The highest BCUT2D eigenvalue weighted by Gasteiger charge is 2.37. The minimum atomic E-state index is -1.10. The lowest BCUT2D eigenvalue weighted by molar-refractivity contribution is -0.146. The summed E-state index contributed by atoms with van der Waals surface area (Å²) in [6.45, 7) is 0.226. The smallest absolute Gasteiger partial charge is 0.323 e. The summed E-state index contributed by atoms with van der Waals surface area (Å²) in [5.41, 5.74) is 0.668. The lowest BCUT2D eigenvalue weighted by Crippen LogP contribution is -2.42. The second-order valence-electron chi connectivity index (χ2n) is 5.53. The molecule has 130 valence electrons. The molecular weight excluding hydrogens is 336 g/mol. The van der Waals surface area contributed by atoms with Crippen LogP contribution in [0.5, 0.6) is 0 Å². The molecule has 1 aromatic carbocycles. The molecule has 1 aliphatic heterocycles. The zero-order chi connectivity index (χ0) is 17.7. The molecule has 1 unspecified atom stereocenters. The van der Waals surface area contributed by atoms with Gasteiger partial charge in [0.1, 0.15) is 6.54 Å². The van der Waals surface area contributed by atoms with E-state index in [1.54, 1.807) is 24.3 Å². The minimum Gasteiger partial charge on any atom is -0.480 e. The Balaban J connectivity index is 2.08. The van der Waals surface area contributed by atoms with Crippen molar-refractivity contribution in [1.29, 1.82) is 0 Å². The van der Waals surface area contributed by atoms with Gasteiger partial charge in [-0.15, -0.1) is 0 Å². The number of rotatable bonds is 7. The molecule has 0 bridgehead atoms. The van der Waals surface area contributed by atoms with Gasteiger partial charge >= 0.3 is 5.97 Å². The highest BCUT2D eigenvalue weighted by atomic mass is 35.5. The number of aliphatic carboxylic acids is 1. The standard InChI is InChI=1S/C16H19ClN2O5/c1-24-7-6-18(10-15(21)22)16(23)11-8-14(20)19(9-11)13-4-2-12(17)3-5-13/h2-5,11H,6-10H2,1H3,(H,21,22). The van der Waals surface area contributed by atoms with Gasteiger partial charge in [0.05, 0.1) is 12.5 Å². The second-order valence-corrected chi connectivity index (χ2v) is 5.96. The Hall–Kier alpha value is -2.12. The molecule has 1 aromatic rings. The van der Waals surface area contributed by atoms with Crippen LogP contribution in [0.1, 0.15) is 6.42 Å². The van der Waals surface area contributed by atoms with Crippen molar-refractivity contribution in [3.05, 3.63) is 29.3 Å². The Morgan fingerprint density at radius 2 is 2.04 bits per heavy atom. The molecular formula is C16H19ClN2O5. The fraction of sp³-hybridized carbons (Fsp3) is 0.438. The Bertz CT molecular complexity index is 619. The first-order valence-corrected chi connectivity index (χ1v) is 7.85. The number of halogens is 1. The third-order valence-corrected chi connectivity index (χ3v) is 4.07. The summed E-state index contributed by atoms with van der Waals surface area (Å²) < 4.78 is 4.91. The van der Waals surface area contributed by atoms with Crippen LogP contribution in [0.2, 0.25) is 5.02 Å². The molecule has 0 spiro atoms. The van der Waals surface area contributed by atoms with Gasteiger partial charge in [0, 0.05) is 37.3 Å². The van der Waals surface area contributed by atoms with Gasteiger partial charge in [-0.05, 0) is 24.3 Å². The van der Waals surface area contributed by atoms with Crippen LogP contribution in [-0.4, -0.2) is 61.1 Å². The van der Waals surface area contributed by atoms with E-state index in [-0.39, 0.29) is 37.9 Å². The average molecular weight is 355 g/mol. The first-order chi connectivity index (χ1) is 11.4. The van der Waals surface area contributed by atoms with Gasteiger partial charge in [-0.2, -0.15) is 0 Å². The number of hydrogen-bond donors (Lipinski definition) is 1. The maximum absolute atomic E-state index is 12.6. The number of carbonyl (C=O) groups excluding carboxylic acids is 2. The number of nitrogens with zero attached hydrogens (tertiary/aromatic N) is 2. The molecule has 1 atom stereocenters. The van der Waals surface area contributed by atoms with Crippen molar-refractivity contribution < 1.29 is 24.2 Å². The van der Waals surface area contributed by atoms with Gasteiger partial charge in [0.25, 0.3) is 0 Å². The first kappa shape index (κ1) is 18.2. The zero-order valence-corrected chi connectivity index (χ0v) is 14.0. The number of carbonyl (C=O) groups is 3. The van der Waals surface area contributed by atoms with E-state index in [2.05, 4.69) is 0 Å². The molecule has 1 fully saturated rings. The van der Waals surface area contributed by atoms with E-state index in [0.29, 0.717) is 10.7 Å². The van der Waals surface area contributed by atoms with Crippen molar-refractivity contribution in [3.8, 4) is 0 Å². The van der Waals surface area contributed by atoms with E-state index in [0.717, 1.165) is 0 Å². The van der Waals surface area contributed by atoms with Crippen LogP contribution < -0.4 is 4.90 Å². The van der Waals surface area contributed by atoms with Crippen LogP contribution in [-0.2, 0) is 19.1 Å². The van der Waals surface area contributed by atoms with Crippen LogP contribution in [0.15, 0.2) is 24.3 Å². The molecule has 7 nitrogen and oxygen atoms in total. The largest absolute Gasteiger partial charge is 0.480 e. The normalized spacial score (nSPS) is 17.2. The summed E-state index contributed by atoms with van der Waals surface area (Å²) in [5.74, 6) is -2.18. The van der Waals surface area contributed by atoms with Gasteiger partial charge in [0.15, 0.2) is 0 Å². The summed E-state index contributed by atoms with van der Waals surface area (Å²) in [5, 5.41) is 9.52. The number of amides is 2. The molecule has 0 radical (unpaired) electrons. The molecule has 0 aliphatic carbocycles. The van der Waals surface area contributed by atoms with E-state index in [1.165, 1.54) is 16.9 Å². The van der Waals surface area contributed by atoms with E-state index >= 15 is 0 Å². The number of benzene rings is 1. The third-order valence-electron chi connectivity index (χ3n) is 3.82. The molecule has 0 saturated carbocycles. The zero-order valence-electron chi connectivity index (χ0n) is 13.3. The average Bonchev–Trinajstić information content (AvgIpc) is 2.93. The van der Waals surface area contributed by atoms with Gasteiger partial charge in [0.2, 0.25) is 11.8 Å². The van der Waals surface area contributed by atoms with Gasteiger partial charge in [-0.1, -0.05) is 11.6 Å². The van der Waals surface area contributed by atoms with Gasteiger partial charge in [-0.3, -0.25) is 14.4 Å². The molecule has 1 saturated heterocycles. The number of carboxylic acids is 1. The molecule has 2 amide bonds. The number of anilines is 1. The van der Waals surface area contributed by atoms with Crippen LogP contribution >= 0.6 is 11.6 Å². The first-order valence-electron chi connectivity index (χ1n) is 7.48. The van der Waals surface area contributed by atoms with Crippen LogP contribution in [0.3, 0.4) is 0 Å².